The zero-order valence-electron chi connectivity index (χ0n) is 14.6. The molecule has 1 heteroatoms. The van der Waals surface area contributed by atoms with Crippen molar-refractivity contribution in [1.29, 1.82) is 0 Å². The van der Waals surface area contributed by atoms with Crippen LogP contribution >= 0.6 is 0 Å². The first-order valence-corrected chi connectivity index (χ1v) is 7.86. The standard InChI is InChI=1S/C20H26O/c1-11-9-15-16(10-12(11)2)20(8)14(4)13(3)19(15,7)17(21)18(20,5)6/h9-10H,1-8H3/t19-,20-/m0/s1. The fraction of sp³-hybridized carbons (Fsp3) is 0.550. The Bertz CT molecular complexity index is 720. The van der Waals surface area contributed by atoms with Crippen molar-refractivity contribution in [2.75, 3.05) is 0 Å². The second kappa shape index (κ2) is 3.69. The van der Waals surface area contributed by atoms with Gasteiger partial charge in [-0.1, -0.05) is 44.1 Å². The molecule has 1 aromatic carbocycles. The van der Waals surface area contributed by atoms with E-state index in [9.17, 15) is 4.79 Å². The van der Waals surface area contributed by atoms with Crippen LogP contribution in [0, 0.1) is 19.3 Å². The summed E-state index contributed by atoms with van der Waals surface area (Å²) in [4.78, 5) is 13.3. The van der Waals surface area contributed by atoms with Crippen LogP contribution in [-0.4, -0.2) is 5.78 Å². The fourth-order valence-corrected chi connectivity index (χ4v) is 4.75. The molecule has 4 rings (SSSR count). The van der Waals surface area contributed by atoms with E-state index in [4.69, 9.17) is 0 Å². The average Bonchev–Trinajstić information content (AvgIpc) is 2.42. The van der Waals surface area contributed by atoms with Crippen molar-refractivity contribution in [1.82, 2.24) is 0 Å². The lowest BCUT2D eigenvalue weighted by atomic mass is 9.41. The van der Waals surface area contributed by atoms with Gasteiger partial charge in [-0.15, -0.1) is 0 Å². The summed E-state index contributed by atoms with van der Waals surface area (Å²) in [6.07, 6.45) is 0. The summed E-state index contributed by atoms with van der Waals surface area (Å²) < 4.78 is 0. The van der Waals surface area contributed by atoms with Gasteiger partial charge >= 0.3 is 0 Å². The summed E-state index contributed by atoms with van der Waals surface area (Å²) in [6, 6.07) is 4.58. The van der Waals surface area contributed by atoms with Gasteiger partial charge in [0.15, 0.2) is 5.78 Å². The molecular weight excluding hydrogens is 256 g/mol. The number of hydrogen-bond donors (Lipinski definition) is 0. The Balaban J connectivity index is 2.54. The van der Waals surface area contributed by atoms with E-state index in [1.165, 1.54) is 33.4 Å². The molecule has 0 spiro atoms. The maximum Gasteiger partial charge on any atom is 0.153 e. The highest BCUT2D eigenvalue weighted by Crippen LogP contribution is 2.64. The van der Waals surface area contributed by atoms with E-state index in [-0.39, 0.29) is 10.8 Å². The molecule has 0 amide bonds. The van der Waals surface area contributed by atoms with E-state index < -0.39 is 5.41 Å². The average molecular weight is 282 g/mol. The van der Waals surface area contributed by atoms with E-state index in [0.29, 0.717) is 5.78 Å². The van der Waals surface area contributed by atoms with Gasteiger partial charge in [-0.2, -0.15) is 0 Å². The van der Waals surface area contributed by atoms with Crippen LogP contribution in [0.25, 0.3) is 0 Å². The molecule has 2 bridgehead atoms. The number of fused-ring (bicyclic) bond motifs is 1. The van der Waals surface area contributed by atoms with Gasteiger partial charge in [-0.05, 0) is 56.9 Å². The van der Waals surface area contributed by atoms with Gasteiger partial charge < -0.3 is 0 Å². The van der Waals surface area contributed by atoms with E-state index in [2.05, 4.69) is 67.5 Å². The number of carbonyl (C=O) groups excluding carboxylic acids is 1. The van der Waals surface area contributed by atoms with Crippen LogP contribution < -0.4 is 0 Å². The topological polar surface area (TPSA) is 17.1 Å². The van der Waals surface area contributed by atoms with Crippen molar-refractivity contribution in [3.8, 4) is 0 Å². The normalized spacial score (nSPS) is 33.4. The molecule has 0 heterocycles. The van der Waals surface area contributed by atoms with Crippen molar-refractivity contribution >= 4 is 5.78 Å². The number of ketones is 1. The first kappa shape index (κ1) is 14.6. The van der Waals surface area contributed by atoms with Gasteiger partial charge in [0.2, 0.25) is 0 Å². The molecule has 0 aliphatic heterocycles. The summed E-state index contributed by atoms with van der Waals surface area (Å²) in [7, 11) is 0. The Morgan fingerprint density at radius 2 is 1.24 bits per heavy atom. The summed E-state index contributed by atoms with van der Waals surface area (Å²) in [5.74, 6) is 0.372. The van der Waals surface area contributed by atoms with Gasteiger partial charge in [0.05, 0.1) is 5.41 Å². The molecule has 3 aliphatic carbocycles. The molecule has 0 fully saturated rings. The predicted octanol–water partition coefficient (Wildman–Crippen LogP) is 4.78. The number of Topliss-reactive ketones (excluding diaryl/α,β-unsaturated/α-hetero) is 1. The maximum absolute atomic E-state index is 13.3. The molecule has 0 saturated heterocycles. The minimum atomic E-state index is -0.459. The molecule has 21 heavy (non-hydrogen) atoms. The van der Waals surface area contributed by atoms with Gasteiger partial charge in [0.25, 0.3) is 0 Å². The Hall–Kier alpha value is -1.37. The Kier molecular flexibility index (Phi) is 2.56. The number of rotatable bonds is 0. The summed E-state index contributed by atoms with van der Waals surface area (Å²) >= 11 is 0. The minimum Gasteiger partial charge on any atom is -0.298 e. The zero-order chi connectivity index (χ0) is 16.0. The van der Waals surface area contributed by atoms with Crippen molar-refractivity contribution < 1.29 is 4.79 Å². The molecule has 0 saturated carbocycles. The van der Waals surface area contributed by atoms with Crippen molar-refractivity contribution in [2.45, 2.75) is 66.2 Å². The Morgan fingerprint density at radius 1 is 0.762 bits per heavy atom. The monoisotopic (exact) mass is 282 g/mol. The molecule has 0 aromatic heterocycles. The zero-order valence-corrected chi connectivity index (χ0v) is 14.6. The number of hydrogen-bond acceptors (Lipinski definition) is 1. The Morgan fingerprint density at radius 3 is 1.76 bits per heavy atom. The van der Waals surface area contributed by atoms with Crippen LogP contribution in [0.15, 0.2) is 23.3 Å². The van der Waals surface area contributed by atoms with E-state index >= 15 is 0 Å². The quantitative estimate of drug-likeness (QED) is 0.626. The van der Waals surface area contributed by atoms with Crippen LogP contribution in [0.1, 0.15) is 63.8 Å². The second-order valence-corrected chi connectivity index (χ2v) is 7.94. The maximum atomic E-state index is 13.3. The van der Waals surface area contributed by atoms with Crippen molar-refractivity contribution in [2.24, 2.45) is 5.41 Å². The lowest BCUT2D eigenvalue weighted by Gasteiger charge is -2.60. The third kappa shape index (κ3) is 1.27. The molecule has 3 aliphatic rings. The van der Waals surface area contributed by atoms with Gasteiger partial charge in [0, 0.05) is 10.8 Å². The molecular formula is C20H26O. The van der Waals surface area contributed by atoms with Gasteiger partial charge in [0.1, 0.15) is 0 Å². The smallest absolute Gasteiger partial charge is 0.153 e. The number of benzene rings is 1. The number of allylic oxidation sites excluding steroid dienone is 2. The van der Waals surface area contributed by atoms with Crippen LogP contribution in [0.3, 0.4) is 0 Å². The highest BCUT2D eigenvalue weighted by atomic mass is 16.1. The van der Waals surface area contributed by atoms with Crippen LogP contribution in [0.4, 0.5) is 0 Å². The molecule has 112 valence electrons. The predicted molar refractivity (Wildman–Crippen MR) is 87.8 cm³/mol. The largest absolute Gasteiger partial charge is 0.298 e. The first-order chi connectivity index (χ1) is 9.50. The summed E-state index contributed by atoms with van der Waals surface area (Å²) in [6.45, 7) is 17.3. The second-order valence-electron chi connectivity index (χ2n) is 7.94. The van der Waals surface area contributed by atoms with Crippen molar-refractivity contribution in [3.05, 3.63) is 45.5 Å². The lowest BCUT2D eigenvalue weighted by Crippen LogP contribution is -2.62. The van der Waals surface area contributed by atoms with Gasteiger partial charge in [-0.25, -0.2) is 0 Å². The van der Waals surface area contributed by atoms with Gasteiger partial charge in [-0.3, -0.25) is 4.79 Å². The summed E-state index contributed by atoms with van der Waals surface area (Å²) in [5.41, 5.74) is 6.82. The fourth-order valence-electron chi connectivity index (χ4n) is 4.75. The Labute approximate surface area is 128 Å². The van der Waals surface area contributed by atoms with Crippen LogP contribution in [-0.2, 0) is 15.6 Å². The molecule has 2 atom stereocenters. The molecule has 1 nitrogen and oxygen atoms in total. The highest BCUT2D eigenvalue weighted by molar-refractivity contribution is 6.03. The van der Waals surface area contributed by atoms with Crippen molar-refractivity contribution in [3.63, 3.8) is 0 Å². The molecule has 0 radical (unpaired) electrons. The lowest BCUT2D eigenvalue weighted by molar-refractivity contribution is -0.137. The van der Waals surface area contributed by atoms with Crippen LogP contribution in [0.5, 0.6) is 0 Å². The minimum absolute atomic E-state index is 0.195. The first-order valence-electron chi connectivity index (χ1n) is 7.86. The molecule has 0 N–H and O–H groups in total. The molecule has 0 unspecified atom stereocenters. The SMILES string of the molecule is CC1=C(C)[C@@]2(C)c3cc(C)c(C)cc3[C@@]1(C)C(=O)C2(C)C. The summed E-state index contributed by atoms with van der Waals surface area (Å²) in [5, 5.41) is 0. The van der Waals surface area contributed by atoms with E-state index in [1.807, 2.05) is 0 Å². The third-order valence-corrected chi connectivity index (χ3v) is 7.05. The van der Waals surface area contributed by atoms with Crippen LogP contribution in [0.2, 0.25) is 0 Å². The third-order valence-electron chi connectivity index (χ3n) is 7.05. The number of aryl methyl sites for hydroxylation is 2. The molecule has 1 aromatic rings. The number of carbonyl (C=O) groups is 1. The van der Waals surface area contributed by atoms with E-state index in [1.54, 1.807) is 0 Å². The van der Waals surface area contributed by atoms with E-state index in [0.717, 1.165) is 0 Å². The highest BCUT2D eigenvalue weighted by Gasteiger charge is 2.64.